The van der Waals surface area contributed by atoms with Gasteiger partial charge in [0, 0.05) is 5.56 Å². The summed E-state index contributed by atoms with van der Waals surface area (Å²) in [5.74, 6) is 0.123. The number of ketones is 1. The van der Waals surface area contributed by atoms with E-state index < -0.39 is 5.41 Å². The van der Waals surface area contributed by atoms with Crippen molar-refractivity contribution in [1.29, 1.82) is 0 Å². The van der Waals surface area contributed by atoms with Crippen LogP contribution in [0.4, 0.5) is 0 Å². The van der Waals surface area contributed by atoms with Crippen molar-refractivity contribution in [3.8, 4) is 0 Å². The fourth-order valence-electron chi connectivity index (χ4n) is 1.32. The first-order valence-electron chi connectivity index (χ1n) is 5.06. The molecule has 0 aliphatic rings. The lowest BCUT2D eigenvalue weighted by molar-refractivity contribution is 0.0885. The standard InChI is InChI=1S/C14H16O/c1-4-5-11-14(2,3)13(15)12-9-7-6-8-10-12/h4,6-11H,1-3H3. The maximum absolute atomic E-state index is 12.1. The molecule has 1 nitrogen and oxygen atoms in total. The molecule has 0 atom stereocenters. The summed E-state index contributed by atoms with van der Waals surface area (Å²) in [7, 11) is 0. The first-order chi connectivity index (χ1) is 7.08. The van der Waals surface area contributed by atoms with E-state index in [9.17, 15) is 4.79 Å². The fourth-order valence-corrected chi connectivity index (χ4v) is 1.32. The Morgan fingerprint density at radius 1 is 1.27 bits per heavy atom. The van der Waals surface area contributed by atoms with Gasteiger partial charge in [-0.15, -0.1) is 5.73 Å². The molecule has 15 heavy (non-hydrogen) atoms. The Morgan fingerprint density at radius 2 is 1.87 bits per heavy atom. The second kappa shape index (κ2) is 4.77. The molecule has 1 aromatic carbocycles. The Kier molecular flexibility index (Phi) is 3.65. The summed E-state index contributed by atoms with van der Waals surface area (Å²) in [6.45, 7) is 5.69. The summed E-state index contributed by atoms with van der Waals surface area (Å²) in [5, 5.41) is 0. The molecule has 0 N–H and O–H groups in total. The number of benzene rings is 1. The second-order valence-corrected chi connectivity index (χ2v) is 4.02. The SMILES string of the molecule is CC=C=CC(C)(C)C(=O)c1ccccc1. The van der Waals surface area contributed by atoms with Gasteiger partial charge in [-0.2, -0.15) is 0 Å². The number of hydrogen-bond acceptors (Lipinski definition) is 1. The monoisotopic (exact) mass is 200 g/mol. The van der Waals surface area contributed by atoms with E-state index in [-0.39, 0.29) is 5.78 Å². The van der Waals surface area contributed by atoms with Crippen LogP contribution in [0.5, 0.6) is 0 Å². The predicted octanol–water partition coefficient (Wildman–Crippen LogP) is 3.63. The smallest absolute Gasteiger partial charge is 0.172 e. The van der Waals surface area contributed by atoms with Gasteiger partial charge in [0.25, 0.3) is 0 Å². The molecule has 78 valence electrons. The molecule has 0 amide bonds. The quantitative estimate of drug-likeness (QED) is 0.538. The van der Waals surface area contributed by atoms with Crippen LogP contribution < -0.4 is 0 Å². The molecule has 0 heterocycles. The molecule has 0 bridgehead atoms. The van der Waals surface area contributed by atoms with Gasteiger partial charge < -0.3 is 0 Å². The van der Waals surface area contributed by atoms with Crippen molar-refractivity contribution in [2.45, 2.75) is 20.8 Å². The van der Waals surface area contributed by atoms with Gasteiger partial charge in [0.05, 0.1) is 5.41 Å². The molecular weight excluding hydrogens is 184 g/mol. The summed E-state index contributed by atoms with van der Waals surface area (Å²) in [6.07, 6.45) is 3.61. The van der Waals surface area contributed by atoms with E-state index in [1.54, 1.807) is 6.08 Å². The zero-order chi connectivity index (χ0) is 11.3. The molecule has 0 saturated heterocycles. The van der Waals surface area contributed by atoms with Gasteiger partial charge >= 0.3 is 0 Å². The molecule has 0 aromatic heterocycles. The summed E-state index contributed by atoms with van der Waals surface area (Å²) in [4.78, 5) is 12.1. The highest BCUT2D eigenvalue weighted by Gasteiger charge is 2.25. The summed E-state index contributed by atoms with van der Waals surface area (Å²) in [5.41, 5.74) is 3.22. The largest absolute Gasteiger partial charge is 0.293 e. The van der Waals surface area contributed by atoms with Gasteiger partial charge in [-0.25, -0.2) is 0 Å². The first kappa shape index (κ1) is 11.5. The third kappa shape index (κ3) is 2.93. The topological polar surface area (TPSA) is 17.1 Å². The van der Waals surface area contributed by atoms with Crippen LogP contribution in [0.25, 0.3) is 0 Å². The van der Waals surface area contributed by atoms with Crippen LogP contribution in [0.2, 0.25) is 0 Å². The van der Waals surface area contributed by atoms with E-state index in [1.807, 2.05) is 57.2 Å². The maximum Gasteiger partial charge on any atom is 0.172 e. The van der Waals surface area contributed by atoms with Gasteiger partial charge in [-0.1, -0.05) is 30.3 Å². The Hall–Kier alpha value is -1.59. The number of carbonyl (C=O) groups is 1. The molecule has 0 aliphatic heterocycles. The molecular formula is C14H16O. The molecule has 1 aromatic rings. The van der Waals surface area contributed by atoms with E-state index in [4.69, 9.17) is 0 Å². The van der Waals surface area contributed by atoms with Crippen LogP contribution in [0.15, 0.2) is 48.2 Å². The van der Waals surface area contributed by atoms with Crippen LogP contribution in [-0.2, 0) is 0 Å². The van der Waals surface area contributed by atoms with E-state index >= 15 is 0 Å². The molecule has 1 heteroatoms. The third-order valence-corrected chi connectivity index (χ3v) is 2.23. The molecule has 0 fully saturated rings. The minimum Gasteiger partial charge on any atom is -0.293 e. The highest BCUT2D eigenvalue weighted by atomic mass is 16.1. The van der Waals surface area contributed by atoms with Crippen molar-refractivity contribution in [2.75, 3.05) is 0 Å². The highest BCUT2D eigenvalue weighted by Crippen LogP contribution is 2.22. The van der Waals surface area contributed by atoms with Crippen LogP contribution in [-0.4, -0.2) is 5.78 Å². The number of rotatable bonds is 3. The van der Waals surface area contributed by atoms with Crippen LogP contribution >= 0.6 is 0 Å². The van der Waals surface area contributed by atoms with Gasteiger partial charge in [0.15, 0.2) is 5.78 Å². The van der Waals surface area contributed by atoms with Gasteiger partial charge in [-0.3, -0.25) is 4.79 Å². The zero-order valence-corrected chi connectivity index (χ0v) is 9.45. The number of Topliss-reactive ketones (excluding diaryl/α,β-unsaturated/α-hetero) is 1. The third-order valence-electron chi connectivity index (χ3n) is 2.23. The van der Waals surface area contributed by atoms with Crippen LogP contribution in [0.3, 0.4) is 0 Å². The maximum atomic E-state index is 12.1. The van der Waals surface area contributed by atoms with Crippen molar-refractivity contribution in [2.24, 2.45) is 5.41 Å². The highest BCUT2D eigenvalue weighted by molar-refractivity contribution is 6.01. The van der Waals surface area contributed by atoms with Crippen molar-refractivity contribution >= 4 is 5.78 Å². The van der Waals surface area contributed by atoms with Crippen molar-refractivity contribution in [3.63, 3.8) is 0 Å². The van der Waals surface area contributed by atoms with E-state index in [1.165, 1.54) is 0 Å². The van der Waals surface area contributed by atoms with Crippen LogP contribution in [0, 0.1) is 5.41 Å². The minimum atomic E-state index is -0.492. The van der Waals surface area contributed by atoms with E-state index in [0.717, 1.165) is 5.56 Å². The summed E-state index contributed by atoms with van der Waals surface area (Å²) >= 11 is 0. The van der Waals surface area contributed by atoms with Gasteiger partial charge in [0.1, 0.15) is 0 Å². The molecule has 0 saturated carbocycles. The Morgan fingerprint density at radius 3 is 2.40 bits per heavy atom. The summed E-state index contributed by atoms with van der Waals surface area (Å²) < 4.78 is 0. The van der Waals surface area contributed by atoms with Crippen molar-refractivity contribution in [3.05, 3.63) is 53.8 Å². The Balaban J connectivity index is 3.00. The number of hydrogen-bond donors (Lipinski definition) is 0. The molecule has 0 aliphatic carbocycles. The fraction of sp³-hybridized carbons (Fsp3) is 0.286. The normalized spacial score (nSPS) is 10.3. The number of allylic oxidation sites excluding steroid dienone is 1. The molecule has 0 spiro atoms. The minimum absolute atomic E-state index is 0.123. The van der Waals surface area contributed by atoms with Gasteiger partial charge in [-0.05, 0) is 32.9 Å². The Bertz CT molecular complexity index is 393. The second-order valence-electron chi connectivity index (χ2n) is 4.02. The van der Waals surface area contributed by atoms with Crippen molar-refractivity contribution < 1.29 is 4.79 Å². The van der Waals surface area contributed by atoms with Crippen molar-refractivity contribution in [1.82, 2.24) is 0 Å². The van der Waals surface area contributed by atoms with Gasteiger partial charge in [0.2, 0.25) is 0 Å². The average Bonchev–Trinajstić information content (AvgIpc) is 2.26. The number of carbonyl (C=O) groups excluding carboxylic acids is 1. The lowest BCUT2D eigenvalue weighted by Crippen LogP contribution is -2.21. The zero-order valence-electron chi connectivity index (χ0n) is 9.45. The van der Waals surface area contributed by atoms with E-state index in [2.05, 4.69) is 5.73 Å². The molecule has 1 rings (SSSR count). The Labute approximate surface area is 91.1 Å². The van der Waals surface area contributed by atoms with E-state index in [0.29, 0.717) is 0 Å². The summed E-state index contributed by atoms with van der Waals surface area (Å²) in [6, 6.07) is 9.35. The lowest BCUT2D eigenvalue weighted by Gasteiger charge is -2.17. The predicted molar refractivity (Wildman–Crippen MR) is 62.9 cm³/mol. The average molecular weight is 200 g/mol. The van der Waals surface area contributed by atoms with Crippen LogP contribution in [0.1, 0.15) is 31.1 Å². The lowest BCUT2D eigenvalue weighted by atomic mass is 9.84. The first-order valence-corrected chi connectivity index (χ1v) is 5.06. The molecule has 0 radical (unpaired) electrons. The molecule has 0 unspecified atom stereocenters.